The zero-order chi connectivity index (χ0) is 11.7. The van der Waals surface area contributed by atoms with E-state index >= 15 is 0 Å². The number of nitrogens with one attached hydrogen (secondary N) is 1. The van der Waals surface area contributed by atoms with Gasteiger partial charge in [0.2, 0.25) is 0 Å². The number of nitrogens with zero attached hydrogens (tertiary/aromatic N) is 2. The Morgan fingerprint density at radius 2 is 2.41 bits per heavy atom. The van der Waals surface area contributed by atoms with Crippen molar-refractivity contribution < 1.29 is 4.42 Å². The van der Waals surface area contributed by atoms with E-state index in [0.29, 0.717) is 6.04 Å². The molecule has 0 aromatic carbocycles. The van der Waals surface area contributed by atoms with E-state index < -0.39 is 0 Å². The maximum Gasteiger partial charge on any atom is 0.139 e. The SMILES string of the molecule is CN(c1nccc2occc12)C1CCCNC1. The molecular weight excluding hydrogens is 214 g/mol. The van der Waals surface area contributed by atoms with Crippen LogP contribution in [0.5, 0.6) is 0 Å². The summed E-state index contributed by atoms with van der Waals surface area (Å²) in [5.74, 6) is 1.02. The highest BCUT2D eigenvalue weighted by Crippen LogP contribution is 2.26. The molecule has 0 amide bonds. The van der Waals surface area contributed by atoms with Gasteiger partial charge in [0.05, 0.1) is 11.6 Å². The van der Waals surface area contributed by atoms with Crippen molar-refractivity contribution in [1.82, 2.24) is 10.3 Å². The highest BCUT2D eigenvalue weighted by atomic mass is 16.3. The topological polar surface area (TPSA) is 41.3 Å². The Morgan fingerprint density at radius 1 is 1.47 bits per heavy atom. The summed E-state index contributed by atoms with van der Waals surface area (Å²) >= 11 is 0. The summed E-state index contributed by atoms with van der Waals surface area (Å²) in [7, 11) is 2.12. The lowest BCUT2D eigenvalue weighted by Crippen LogP contribution is -2.44. The number of fused-ring (bicyclic) bond motifs is 1. The minimum absolute atomic E-state index is 0.525. The van der Waals surface area contributed by atoms with Crippen molar-refractivity contribution in [2.45, 2.75) is 18.9 Å². The molecule has 0 bridgehead atoms. The van der Waals surface area contributed by atoms with E-state index in [1.54, 1.807) is 6.26 Å². The van der Waals surface area contributed by atoms with Crippen LogP contribution < -0.4 is 10.2 Å². The second-order valence-corrected chi connectivity index (χ2v) is 4.58. The molecule has 1 aliphatic heterocycles. The lowest BCUT2D eigenvalue weighted by atomic mass is 10.1. The van der Waals surface area contributed by atoms with Gasteiger partial charge in [0.1, 0.15) is 11.4 Å². The average molecular weight is 231 g/mol. The maximum atomic E-state index is 5.41. The fourth-order valence-corrected chi connectivity index (χ4v) is 2.50. The Bertz CT molecular complexity index is 502. The first-order chi connectivity index (χ1) is 8.36. The van der Waals surface area contributed by atoms with E-state index in [0.717, 1.165) is 29.9 Å². The number of furan rings is 1. The van der Waals surface area contributed by atoms with Gasteiger partial charge < -0.3 is 14.6 Å². The Kier molecular flexibility index (Phi) is 2.73. The van der Waals surface area contributed by atoms with Crippen molar-refractivity contribution in [2.24, 2.45) is 0 Å². The number of pyridine rings is 1. The van der Waals surface area contributed by atoms with Gasteiger partial charge in [-0.1, -0.05) is 0 Å². The van der Waals surface area contributed by atoms with Crippen molar-refractivity contribution in [1.29, 1.82) is 0 Å². The number of piperidine rings is 1. The highest BCUT2D eigenvalue weighted by Gasteiger charge is 2.20. The minimum atomic E-state index is 0.525. The lowest BCUT2D eigenvalue weighted by Gasteiger charge is -2.32. The molecule has 1 N–H and O–H groups in total. The minimum Gasteiger partial charge on any atom is -0.464 e. The standard InChI is InChI=1S/C13H17N3O/c1-16(10-3-2-6-14-9-10)13-11-5-8-17-12(11)4-7-15-13/h4-5,7-8,10,14H,2-3,6,9H2,1H3. The predicted molar refractivity (Wildman–Crippen MR) is 68.3 cm³/mol. The van der Waals surface area contributed by atoms with Gasteiger partial charge in [0, 0.05) is 25.8 Å². The van der Waals surface area contributed by atoms with Crippen molar-refractivity contribution >= 4 is 16.8 Å². The molecule has 0 saturated carbocycles. The van der Waals surface area contributed by atoms with Gasteiger partial charge in [0.15, 0.2) is 0 Å². The molecule has 0 radical (unpaired) electrons. The van der Waals surface area contributed by atoms with Crippen LogP contribution >= 0.6 is 0 Å². The van der Waals surface area contributed by atoms with Crippen molar-refractivity contribution in [2.75, 3.05) is 25.0 Å². The van der Waals surface area contributed by atoms with E-state index in [-0.39, 0.29) is 0 Å². The number of hydrogen-bond acceptors (Lipinski definition) is 4. The van der Waals surface area contributed by atoms with Gasteiger partial charge in [0.25, 0.3) is 0 Å². The molecule has 1 aliphatic rings. The molecule has 17 heavy (non-hydrogen) atoms. The second kappa shape index (κ2) is 4.37. The van der Waals surface area contributed by atoms with Crippen LogP contribution in [-0.4, -0.2) is 31.2 Å². The van der Waals surface area contributed by atoms with Gasteiger partial charge in [-0.05, 0) is 31.5 Å². The van der Waals surface area contributed by atoms with Crippen LogP contribution in [0.25, 0.3) is 11.0 Å². The Morgan fingerprint density at radius 3 is 3.24 bits per heavy atom. The van der Waals surface area contributed by atoms with Crippen LogP contribution in [0, 0.1) is 0 Å². The van der Waals surface area contributed by atoms with E-state index in [1.165, 1.54) is 12.8 Å². The quantitative estimate of drug-likeness (QED) is 0.858. The second-order valence-electron chi connectivity index (χ2n) is 4.58. The van der Waals surface area contributed by atoms with Gasteiger partial charge in [-0.2, -0.15) is 0 Å². The summed E-state index contributed by atoms with van der Waals surface area (Å²) in [6, 6.07) is 4.42. The van der Waals surface area contributed by atoms with Crippen molar-refractivity contribution in [3.8, 4) is 0 Å². The predicted octanol–water partition coefficient (Wildman–Crippen LogP) is 2.02. The molecule has 2 aromatic rings. The third kappa shape index (κ3) is 1.89. The van der Waals surface area contributed by atoms with Gasteiger partial charge in [-0.3, -0.25) is 0 Å². The molecule has 1 saturated heterocycles. The number of hydrogen-bond donors (Lipinski definition) is 1. The van der Waals surface area contributed by atoms with Crippen LogP contribution in [-0.2, 0) is 0 Å². The number of rotatable bonds is 2. The molecule has 0 aliphatic carbocycles. The summed E-state index contributed by atoms with van der Waals surface area (Å²) in [6.07, 6.45) is 5.99. The summed E-state index contributed by atoms with van der Waals surface area (Å²) in [5.41, 5.74) is 0.908. The molecule has 90 valence electrons. The van der Waals surface area contributed by atoms with Crippen molar-refractivity contribution in [3.63, 3.8) is 0 Å². The van der Waals surface area contributed by atoms with Crippen LogP contribution in [0.3, 0.4) is 0 Å². The maximum absolute atomic E-state index is 5.41. The smallest absolute Gasteiger partial charge is 0.139 e. The number of likely N-dealkylation sites (N-methyl/N-ethyl adjacent to an activating group) is 1. The van der Waals surface area contributed by atoms with E-state index in [9.17, 15) is 0 Å². The van der Waals surface area contributed by atoms with Gasteiger partial charge >= 0.3 is 0 Å². The Balaban J connectivity index is 1.94. The zero-order valence-corrected chi connectivity index (χ0v) is 10.0. The normalized spacial score (nSPS) is 20.6. The van der Waals surface area contributed by atoms with Gasteiger partial charge in [-0.25, -0.2) is 4.98 Å². The highest BCUT2D eigenvalue weighted by molar-refractivity contribution is 5.88. The zero-order valence-electron chi connectivity index (χ0n) is 10.0. The molecular formula is C13H17N3O. The third-order valence-corrected chi connectivity index (χ3v) is 3.51. The summed E-state index contributed by atoms with van der Waals surface area (Å²) in [5, 5.41) is 4.53. The molecule has 4 nitrogen and oxygen atoms in total. The van der Waals surface area contributed by atoms with Crippen LogP contribution in [0.4, 0.5) is 5.82 Å². The molecule has 1 unspecified atom stereocenters. The first-order valence-corrected chi connectivity index (χ1v) is 6.12. The third-order valence-electron chi connectivity index (χ3n) is 3.51. The monoisotopic (exact) mass is 231 g/mol. The Labute approximate surface area is 101 Å². The number of anilines is 1. The molecule has 1 fully saturated rings. The molecule has 4 heteroatoms. The summed E-state index contributed by atoms with van der Waals surface area (Å²) < 4.78 is 5.41. The Hall–Kier alpha value is -1.55. The largest absolute Gasteiger partial charge is 0.464 e. The van der Waals surface area contributed by atoms with Crippen LogP contribution in [0.1, 0.15) is 12.8 Å². The van der Waals surface area contributed by atoms with E-state index in [2.05, 4.69) is 22.2 Å². The van der Waals surface area contributed by atoms with Gasteiger partial charge in [-0.15, -0.1) is 0 Å². The lowest BCUT2D eigenvalue weighted by molar-refractivity contribution is 0.444. The molecule has 3 heterocycles. The van der Waals surface area contributed by atoms with E-state index in [1.807, 2.05) is 18.3 Å². The molecule has 0 spiro atoms. The molecule has 3 rings (SSSR count). The first kappa shape index (κ1) is 10.6. The average Bonchev–Trinajstić information content (AvgIpc) is 2.87. The number of aromatic nitrogens is 1. The molecule has 2 aromatic heterocycles. The van der Waals surface area contributed by atoms with Crippen LogP contribution in [0.2, 0.25) is 0 Å². The fraction of sp³-hybridized carbons (Fsp3) is 0.462. The fourth-order valence-electron chi connectivity index (χ4n) is 2.50. The summed E-state index contributed by atoms with van der Waals surface area (Å²) in [4.78, 5) is 6.76. The summed E-state index contributed by atoms with van der Waals surface area (Å²) in [6.45, 7) is 2.17. The van der Waals surface area contributed by atoms with Crippen LogP contribution in [0.15, 0.2) is 29.0 Å². The van der Waals surface area contributed by atoms with Crippen molar-refractivity contribution in [3.05, 3.63) is 24.6 Å². The van der Waals surface area contributed by atoms with E-state index in [4.69, 9.17) is 4.42 Å². The molecule has 1 atom stereocenters. The first-order valence-electron chi connectivity index (χ1n) is 6.12.